The molecular weight excluding hydrogens is 440 g/mol. The van der Waals surface area contributed by atoms with E-state index in [-0.39, 0.29) is 6.04 Å². The van der Waals surface area contributed by atoms with E-state index in [4.69, 9.17) is 22.1 Å². The average Bonchev–Trinajstić information content (AvgIpc) is 2.41. The third-order valence-electron chi connectivity index (χ3n) is 2.85. The molecule has 0 saturated carbocycles. The first-order valence-electron chi connectivity index (χ1n) is 5.57. The molecule has 0 aliphatic rings. The molecule has 2 aromatic carbocycles. The van der Waals surface area contributed by atoms with Crippen molar-refractivity contribution in [1.29, 1.82) is 0 Å². The molecule has 5 heteroatoms. The van der Waals surface area contributed by atoms with Gasteiger partial charge in [-0.3, -0.25) is 0 Å². The number of ether oxygens (including phenoxy) is 1. The minimum Gasteiger partial charge on any atom is -0.497 e. The Labute approximate surface area is 139 Å². The van der Waals surface area contributed by atoms with Gasteiger partial charge in [-0.05, 0) is 58.0 Å². The second-order valence-corrected chi connectivity index (χ2v) is 6.46. The van der Waals surface area contributed by atoms with Gasteiger partial charge in [-0.1, -0.05) is 39.7 Å². The van der Waals surface area contributed by atoms with Crippen LogP contribution in [0.4, 0.5) is 0 Å². The van der Waals surface area contributed by atoms with Crippen LogP contribution in [0.15, 0.2) is 40.9 Å². The van der Waals surface area contributed by atoms with Crippen molar-refractivity contribution in [2.24, 2.45) is 5.73 Å². The van der Waals surface area contributed by atoms with Gasteiger partial charge in [0.25, 0.3) is 0 Å². The maximum atomic E-state index is 6.30. The highest BCUT2D eigenvalue weighted by Gasteiger charge is 2.14. The molecule has 1 atom stereocenters. The summed E-state index contributed by atoms with van der Waals surface area (Å²) in [5.41, 5.74) is 8.28. The fourth-order valence-corrected chi connectivity index (χ4v) is 2.90. The summed E-state index contributed by atoms with van der Waals surface area (Å²) in [7, 11) is 1.64. The topological polar surface area (TPSA) is 35.2 Å². The lowest BCUT2D eigenvalue weighted by Crippen LogP contribution is -2.12. The van der Waals surface area contributed by atoms with Crippen LogP contribution in [0.3, 0.4) is 0 Å². The van der Waals surface area contributed by atoms with Crippen LogP contribution in [0.5, 0.6) is 5.75 Å². The van der Waals surface area contributed by atoms with Crippen LogP contribution >= 0.6 is 50.1 Å². The lowest BCUT2D eigenvalue weighted by atomic mass is 10.00. The van der Waals surface area contributed by atoms with Gasteiger partial charge in [0.15, 0.2) is 0 Å². The molecule has 2 rings (SSSR count). The molecular formula is C14H12BrClINO. The predicted molar refractivity (Wildman–Crippen MR) is 90.9 cm³/mol. The van der Waals surface area contributed by atoms with Crippen LogP contribution < -0.4 is 10.5 Å². The van der Waals surface area contributed by atoms with E-state index in [0.29, 0.717) is 0 Å². The smallest absolute Gasteiger partial charge is 0.120 e. The molecule has 0 aromatic heterocycles. The first-order chi connectivity index (χ1) is 9.02. The van der Waals surface area contributed by atoms with E-state index < -0.39 is 0 Å². The van der Waals surface area contributed by atoms with Gasteiger partial charge in [0.1, 0.15) is 5.75 Å². The summed E-state index contributed by atoms with van der Waals surface area (Å²) in [4.78, 5) is 0. The minimum atomic E-state index is -0.227. The molecule has 0 aliphatic heterocycles. The first kappa shape index (κ1) is 15.1. The fraction of sp³-hybridized carbons (Fsp3) is 0.143. The van der Waals surface area contributed by atoms with E-state index in [2.05, 4.69) is 38.5 Å². The number of benzene rings is 2. The van der Waals surface area contributed by atoms with Gasteiger partial charge in [-0.15, -0.1) is 0 Å². The molecule has 0 fully saturated rings. The largest absolute Gasteiger partial charge is 0.497 e. The van der Waals surface area contributed by atoms with Crippen molar-refractivity contribution in [3.05, 3.63) is 60.6 Å². The number of nitrogens with two attached hydrogens (primary N) is 1. The van der Waals surface area contributed by atoms with E-state index in [9.17, 15) is 0 Å². The highest BCUT2D eigenvalue weighted by atomic mass is 127. The maximum Gasteiger partial charge on any atom is 0.120 e. The Hall–Kier alpha value is -0.300. The number of hydrogen-bond acceptors (Lipinski definition) is 2. The van der Waals surface area contributed by atoms with E-state index in [1.165, 1.54) is 0 Å². The van der Waals surface area contributed by atoms with Gasteiger partial charge in [0.2, 0.25) is 0 Å². The van der Waals surface area contributed by atoms with Crippen molar-refractivity contribution in [2.75, 3.05) is 7.11 Å². The lowest BCUT2D eigenvalue weighted by molar-refractivity contribution is 0.414. The lowest BCUT2D eigenvalue weighted by Gasteiger charge is -2.16. The van der Waals surface area contributed by atoms with Gasteiger partial charge in [-0.25, -0.2) is 0 Å². The second kappa shape index (κ2) is 6.43. The third kappa shape index (κ3) is 3.42. The molecule has 1 unspecified atom stereocenters. The van der Waals surface area contributed by atoms with Crippen molar-refractivity contribution in [1.82, 2.24) is 0 Å². The Morgan fingerprint density at radius 1 is 1.26 bits per heavy atom. The van der Waals surface area contributed by atoms with Gasteiger partial charge in [0.05, 0.1) is 18.2 Å². The normalized spacial score (nSPS) is 12.3. The van der Waals surface area contributed by atoms with E-state index in [0.717, 1.165) is 29.9 Å². The number of halogens is 3. The Bertz CT molecular complexity index is 606. The molecule has 0 bridgehead atoms. The van der Waals surface area contributed by atoms with Crippen molar-refractivity contribution in [3.8, 4) is 5.75 Å². The van der Waals surface area contributed by atoms with Gasteiger partial charge < -0.3 is 10.5 Å². The Kier molecular flexibility index (Phi) is 5.11. The van der Waals surface area contributed by atoms with Gasteiger partial charge >= 0.3 is 0 Å². The van der Waals surface area contributed by atoms with Crippen molar-refractivity contribution >= 4 is 50.1 Å². The molecule has 100 valence electrons. The van der Waals surface area contributed by atoms with Crippen LogP contribution in [0.25, 0.3) is 0 Å². The summed E-state index contributed by atoms with van der Waals surface area (Å²) >= 11 is 11.9. The van der Waals surface area contributed by atoms with Crippen molar-refractivity contribution in [2.45, 2.75) is 6.04 Å². The molecule has 2 N–H and O–H groups in total. The summed E-state index contributed by atoms with van der Waals surface area (Å²) in [6.07, 6.45) is 0. The van der Waals surface area contributed by atoms with E-state index in [1.807, 2.05) is 36.4 Å². The Morgan fingerprint density at radius 2 is 2.00 bits per heavy atom. The monoisotopic (exact) mass is 451 g/mol. The molecule has 0 amide bonds. The maximum absolute atomic E-state index is 6.30. The minimum absolute atomic E-state index is 0.227. The molecule has 2 aromatic rings. The summed E-state index contributed by atoms with van der Waals surface area (Å²) in [5, 5.41) is 0.721. The summed E-state index contributed by atoms with van der Waals surface area (Å²) in [6, 6.07) is 11.4. The quantitative estimate of drug-likeness (QED) is 0.682. The van der Waals surface area contributed by atoms with Crippen LogP contribution in [-0.2, 0) is 0 Å². The Morgan fingerprint density at radius 3 is 2.58 bits per heavy atom. The molecule has 0 spiro atoms. The van der Waals surface area contributed by atoms with Crippen molar-refractivity contribution in [3.63, 3.8) is 0 Å². The summed E-state index contributed by atoms with van der Waals surface area (Å²) in [6.45, 7) is 0. The molecule has 0 aliphatic carbocycles. The number of hydrogen-bond donors (Lipinski definition) is 1. The second-order valence-electron chi connectivity index (χ2n) is 4.04. The van der Waals surface area contributed by atoms with E-state index in [1.54, 1.807) is 7.11 Å². The molecule has 0 saturated heterocycles. The predicted octanol–water partition coefficient (Wildman–Crippen LogP) is 4.76. The van der Waals surface area contributed by atoms with E-state index >= 15 is 0 Å². The van der Waals surface area contributed by atoms with Gasteiger partial charge in [-0.2, -0.15) is 0 Å². The van der Waals surface area contributed by atoms with Crippen LogP contribution in [-0.4, -0.2) is 7.11 Å². The zero-order chi connectivity index (χ0) is 14.0. The first-order valence-corrected chi connectivity index (χ1v) is 7.82. The number of methoxy groups -OCH3 is 1. The van der Waals surface area contributed by atoms with Gasteiger partial charge in [0, 0.05) is 8.04 Å². The highest BCUT2D eigenvalue weighted by Crippen LogP contribution is 2.31. The Balaban J connectivity index is 2.38. The van der Waals surface area contributed by atoms with Crippen molar-refractivity contribution < 1.29 is 4.74 Å². The summed E-state index contributed by atoms with van der Waals surface area (Å²) < 4.78 is 7.12. The zero-order valence-electron chi connectivity index (χ0n) is 10.2. The molecule has 0 radical (unpaired) electrons. The van der Waals surface area contributed by atoms with Crippen LogP contribution in [0.2, 0.25) is 5.02 Å². The van der Waals surface area contributed by atoms with Crippen LogP contribution in [0.1, 0.15) is 17.2 Å². The summed E-state index contributed by atoms with van der Waals surface area (Å²) in [5.74, 6) is 0.795. The highest BCUT2D eigenvalue weighted by molar-refractivity contribution is 14.1. The SMILES string of the molecule is COc1ccc(C(N)c2ccc(I)c(Cl)c2)c(Br)c1. The third-order valence-corrected chi connectivity index (χ3v) is 5.10. The molecule has 19 heavy (non-hydrogen) atoms. The average molecular weight is 453 g/mol. The zero-order valence-corrected chi connectivity index (χ0v) is 14.7. The molecule has 0 heterocycles. The van der Waals surface area contributed by atoms with Crippen LogP contribution in [0, 0.1) is 3.57 Å². The standard InChI is InChI=1S/C14H12BrClINO/c1-19-9-3-4-10(11(15)7-9)14(18)8-2-5-13(17)12(16)6-8/h2-7,14H,18H2,1H3. The number of rotatable bonds is 3. The molecule has 2 nitrogen and oxygen atoms in total. The fourth-order valence-electron chi connectivity index (χ4n) is 1.77.